The highest BCUT2D eigenvalue weighted by atomic mass is 14.8. The zero-order valence-corrected chi connectivity index (χ0v) is 4.94. The molecule has 0 aromatic heterocycles. The molecule has 0 fully saturated rings. The number of hydrogen-bond acceptors (Lipinski definition) is 2. The van der Waals surface area contributed by atoms with Crippen LogP contribution in [0.1, 0.15) is 0 Å². The maximum atomic E-state index is 7.00. The van der Waals surface area contributed by atoms with Crippen LogP contribution in [0.25, 0.3) is 0 Å². The Bertz CT molecular complexity index is 114. The molecule has 2 heteroatoms. The monoisotopic (exact) mass is 110 g/mol. The van der Waals surface area contributed by atoms with Crippen molar-refractivity contribution in [3.63, 3.8) is 0 Å². The molecule has 0 unspecified atom stereocenters. The standard InChI is InChI=1S/C6H10N2/c1-3-6(7)4-5-8-2/h3-5,7-8H,1H2,2H3/b5-4-,7-6?. The third-order valence-electron chi connectivity index (χ3n) is 0.649. The van der Waals surface area contributed by atoms with Crippen molar-refractivity contribution in [2.24, 2.45) is 0 Å². The minimum atomic E-state index is 0.416. The largest absolute Gasteiger partial charge is 0.394 e. The summed E-state index contributed by atoms with van der Waals surface area (Å²) in [4.78, 5) is 0. The van der Waals surface area contributed by atoms with Crippen LogP contribution in [0.2, 0.25) is 0 Å². The summed E-state index contributed by atoms with van der Waals surface area (Å²) >= 11 is 0. The van der Waals surface area contributed by atoms with Gasteiger partial charge in [-0.1, -0.05) is 6.58 Å². The number of rotatable bonds is 3. The molecular weight excluding hydrogens is 100 g/mol. The molecular formula is C6H10N2. The van der Waals surface area contributed by atoms with Gasteiger partial charge in [0.15, 0.2) is 0 Å². The molecule has 0 spiro atoms. The van der Waals surface area contributed by atoms with Crippen LogP contribution in [-0.2, 0) is 0 Å². The highest BCUT2D eigenvalue weighted by Gasteiger charge is 1.74. The lowest BCUT2D eigenvalue weighted by Gasteiger charge is -1.83. The summed E-state index contributed by atoms with van der Waals surface area (Å²) in [7, 11) is 1.78. The fourth-order valence-corrected chi connectivity index (χ4v) is 0.241. The lowest BCUT2D eigenvalue weighted by Crippen LogP contribution is -1.93. The average molecular weight is 110 g/mol. The van der Waals surface area contributed by atoms with E-state index in [1.807, 2.05) is 0 Å². The van der Waals surface area contributed by atoms with Crippen LogP contribution >= 0.6 is 0 Å². The van der Waals surface area contributed by atoms with Gasteiger partial charge in [0, 0.05) is 7.05 Å². The first-order chi connectivity index (χ1) is 3.81. The molecule has 0 radical (unpaired) electrons. The fraction of sp³-hybridized carbons (Fsp3) is 0.167. The minimum absolute atomic E-state index is 0.416. The van der Waals surface area contributed by atoms with E-state index < -0.39 is 0 Å². The fourth-order valence-electron chi connectivity index (χ4n) is 0.241. The SMILES string of the molecule is C=CC(=N)/C=C\NC. The molecule has 2 nitrogen and oxygen atoms in total. The zero-order valence-electron chi connectivity index (χ0n) is 4.94. The molecule has 0 heterocycles. The molecule has 0 aliphatic heterocycles. The van der Waals surface area contributed by atoms with Crippen LogP contribution < -0.4 is 5.32 Å². The van der Waals surface area contributed by atoms with Crippen molar-refractivity contribution in [1.82, 2.24) is 5.32 Å². The molecule has 0 atom stereocenters. The number of allylic oxidation sites excluding steroid dienone is 2. The second-order valence-electron chi connectivity index (χ2n) is 1.28. The Hall–Kier alpha value is -1.05. The van der Waals surface area contributed by atoms with Gasteiger partial charge < -0.3 is 10.7 Å². The Kier molecular flexibility index (Phi) is 3.58. The summed E-state index contributed by atoms with van der Waals surface area (Å²) in [6, 6.07) is 0. The van der Waals surface area contributed by atoms with Gasteiger partial charge >= 0.3 is 0 Å². The quantitative estimate of drug-likeness (QED) is 0.521. The van der Waals surface area contributed by atoms with Gasteiger partial charge in [0.2, 0.25) is 0 Å². The topological polar surface area (TPSA) is 35.9 Å². The van der Waals surface area contributed by atoms with Gasteiger partial charge in [-0.05, 0) is 18.4 Å². The summed E-state index contributed by atoms with van der Waals surface area (Å²) in [6.45, 7) is 3.41. The van der Waals surface area contributed by atoms with Gasteiger partial charge in [0.1, 0.15) is 0 Å². The Morgan fingerprint density at radius 1 is 1.75 bits per heavy atom. The molecule has 2 N–H and O–H groups in total. The second-order valence-corrected chi connectivity index (χ2v) is 1.28. The van der Waals surface area contributed by atoms with Gasteiger partial charge in [-0.15, -0.1) is 0 Å². The molecule has 0 rings (SSSR count). The van der Waals surface area contributed by atoms with Crippen LogP contribution in [0.5, 0.6) is 0 Å². The second kappa shape index (κ2) is 4.12. The van der Waals surface area contributed by atoms with Crippen LogP contribution in [0.3, 0.4) is 0 Å². The molecule has 0 amide bonds. The number of nitrogens with one attached hydrogen (secondary N) is 2. The zero-order chi connectivity index (χ0) is 6.41. The summed E-state index contributed by atoms with van der Waals surface area (Å²) in [5.74, 6) is 0. The van der Waals surface area contributed by atoms with Gasteiger partial charge in [-0.3, -0.25) is 0 Å². The summed E-state index contributed by atoms with van der Waals surface area (Å²) in [5, 5.41) is 9.76. The average Bonchev–Trinajstić information content (AvgIpc) is 1.83. The van der Waals surface area contributed by atoms with Gasteiger partial charge in [-0.2, -0.15) is 0 Å². The van der Waals surface area contributed by atoms with Crippen LogP contribution in [0.15, 0.2) is 24.9 Å². The molecule has 0 aliphatic rings. The first-order valence-corrected chi connectivity index (χ1v) is 2.36. The van der Waals surface area contributed by atoms with Gasteiger partial charge in [-0.25, -0.2) is 0 Å². The van der Waals surface area contributed by atoms with Crippen molar-refractivity contribution in [3.05, 3.63) is 24.9 Å². The van der Waals surface area contributed by atoms with E-state index in [9.17, 15) is 0 Å². The van der Waals surface area contributed by atoms with E-state index in [1.165, 1.54) is 6.08 Å². The van der Waals surface area contributed by atoms with Crippen LogP contribution in [0, 0.1) is 5.41 Å². The first-order valence-electron chi connectivity index (χ1n) is 2.36. The van der Waals surface area contributed by atoms with Crippen molar-refractivity contribution < 1.29 is 0 Å². The predicted octanol–water partition coefficient (Wildman–Crippen LogP) is 0.925. The Morgan fingerprint density at radius 3 is 2.75 bits per heavy atom. The van der Waals surface area contributed by atoms with E-state index in [-0.39, 0.29) is 0 Å². The summed E-state index contributed by atoms with van der Waals surface area (Å²) in [5.41, 5.74) is 0.416. The third kappa shape index (κ3) is 3.15. The van der Waals surface area contributed by atoms with E-state index in [0.29, 0.717) is 5.71 Å². The molecule has 0 aromatic rings. The minimum Gasteiger partial charge on any atom is -0.394 e. The molecule has 0 saturated heterocycles. The molecule has 0 saturated carbocycles. The molecule has 44 valence electrons. The van der Waals surface area contributed by atoms with E-state index >= 15 is 0 Å². The van der Waals surface area contributed by atoms with E-state index in [1.54, 1.807) is 19.3 Å². The molecule has 8 heavy (non-hydrogen) atoms. The van der Waals surface area contributed by atoms with E-state index in [4.69, 9.17) is 5.41 Å². The smallest absolute Gasteiger partial charge is 0.0548 e. The van der Waals surface area contributed by atoms with Crippen LogP contribution in [0.4, 0.5) is 0 Å². The van der Waals surface area contributed by atoms with Crippen molar-refractivity contribution in [3.8, 4) is 0 Å². The number of hydrogen-bond donors (Lipinski definition) is 2. The molecule has 0 aliphatic carbocycles. The Balaban J connectivity index is 3.52. The normalized spacial score (nSPS) is 9.12. The maximum absolute atomic E-state index is 7.00. The predicted molar refractivity (Wildman–Crippen MR) is 36.1 cm³/mol. The molecule has 0 bridgehead atoms. The van der Waals surface area contributed by atoms with Crippen LogP contribution in [-0.4, -0.2) is 12.8 Å². The maximum Gasteiger partial charge on any atom is 0.0548 e. The Labute approximate surface area is 49.4 Å². The van der Waals surface area contributed by atoms with Crippen molar-refractivity contribution in [2.75, 3.05) is 7.05 Å². The van der Waals surface area contributed by atoms with E-state index in [0.717, 1.165) is 0 Å². The third-order valence-corrected chi connectivity index (χ3v) is 0.649. The summed E-state index contributed by atoms with van der Waals surface area (Å²) in [6.07, 6.45) is 4.80. The van der Waals surface area contributed by atoms with E-state index in [2.05, 4.69) is 11.9 Å². The molecule has 0 aromatic carbocycles. The van der Waals surface area contributed by atoms with Gasteiger partial charge in [0.25, 0.3) is 0 Å². The lowest BCUT2D eigenvalue weighted by atomic mass is 10.4. The lowest BCUT2D eigenvalue weighted by molar-refractivity contribution is 1.10. The highest BCUT2D eigenvalue weighted by Crippen LogP contribution is 1.73. The van der Waals surface area contributed by atoms with Crippen molar-refractivity contribution in [2.45, 2.75) is 0 Å². The van der Waals surface area contributed by atoms with Gasteiger partial charge in [0.05, 0.1) is 5.71 Å². The first kappa shape index (κ1) is 6.95. The highest BCUT2D eigenvalue weighted by molar-refractivity contribution is 6.00. The Morgan fingerprint density at radius 2 is 2.38 bits per heavy atom. The summed E-state index contributed by atoms with van der Waals surface area (Å²) < 4.78 is 0. The van der Waals surface area contributed by atoms with Crippen molar-refractivity contribution >= 4 is 5.71 Å². The van der Waals surface area contributed by atoms with Crippen molar-refractivity contribution in [1.29, 1.82) is 5.41 Å².